The van der Waals surface area contributed by atoms with Crippen LogP contribution < -0.4 is 5.43 Å². The van der Waals surface area contributed by atoms with E-state index < -0.39 is 5.91 Å². The van der Waals surface area contributed by atoms with E-state index in [2.05, 4.69) is 26.5 Å². The molecular formula is C14H10BrClN2O2. The van der Waals surface area contributed by atoms with Crippen LogP contribution in [0.3, 0.4) is 0 Å². The number of hydrogen-bond acceptors (Lipinski definition) is 3. The maximum absolute atomic E-state index is 11.8. The van der Waals surface area contributed by atoms with Gasteiger partial charge in [-0.05, 0) is 35.9 Å². The Bertz CT molecular complexity index is 657. The number of hydrazone groups is 1. The lowest BCUT2D eigenvalue weighted by molar-refractivity contribution is 0.0952. The summed E-state index contributed by atoms with van der Waals surface area (Å²) in [6.45, 7) is 0. The molecule has 0 spiro atoms. The summed E-state index contributed by atoms with van der Waals surface area (Å²) in [5, 5.41) is 14.1. The van der Waals surface area contributed by atoms with Crippen molar-refractivity contribution in [3.63, 3.8) is 0 Å². The largest absolute Gasteiger partial charge is 0.507 e. The van der Waals surface area contributed by atoms with Gasteiger partial charge in [0.2, 0.25) is 0 Å². The molecule has 0 atom stereocenters. The van der Waals surface area contributed by atoms with Crippen molar-refractivity contribution >= 4 is 39.7 Å². The zero-order valence-corrected chi connectivity index (χ0v) is 12.5. The number of phenols is 1. The fourth-order valence-electron chi connectivity index (χ4n) is 1.46. The van der Waals surface area contributed by atoms with Crippen LogP contribution in [0.15, 0.2) is 52.0 Å². The van der Waals surface area contributed by atoms with Crippen LogP contribution in [0.5, 0.6) is 5.75 Å². The molecule has 0 aliphatic rings. The summed E-state index contributed by atoms with van der Waals surface area (Å²) in [6, 6.07) is 11.6. The van der Waals surface area contributed by atoms with E-state index in [1.807, 2.05) is 0 Å². The van der Waals surface area contributed by atoms with Crippen molar-refractivity contribution in [3.05, 3.63) is 63.1 Å². The molecule has 20 heavy (non-hydrogen) atoms. The first-order valence-corrected chi connectivity index (χ1v) is 6.81. The van der Waals surface area contributed by atoms with Gasteiger partial charge in [0.05, 0.1) is 11.8 Å². The zero-order valence-electron chi connectivity index (χ0n) is 10.2. The van der Waals surface area contributed by atoms with Crippen LogP contribution in [0.4, 0.5) is 0 Å². The van der Waals surface area contributed by atoms with Gasteiger partial charge in [-0.2, -0.15) is 5.10 Å². The number of rotatable bonds is 3. The van der Waals surface area contributed by atoms with Gasteiger partial charge < -0.3 is 5.11 Å². The third kappa shape index (κ3) is 3.82. The van der Waals surface area contributed by atoms with Gasteiger partial charge in [0.1, 0.15) is 5.75 Å². The Kier molecular flexibility index (Phi) is 4.76. The Balaban J connectivity index is 2.05. The molecule has 0 bridgehead atoms. The summed E-state index contributed by atoms with van der Waals surface area (Å²) >= 11 is 9.00. The highest BCUT2D eigenvalue weighted by atomic mass is 79.9. The summed E-state index contributed by atoms with van der Waals surface area (Å²) in [4.78, 5) is 11.8. The molecule has 0 fully saturated rings. The summed E-state index contributed by atoms with van der Waals surface area (Å²) < 4.78 is 0.696. The van der Waals surface area contributed by atoms with Gasteiger partial charge in [-0.1, -0.05) is 39.7 Å². The molecule has 2 N–H and O–H groups in total. The lowest BCUT2D eigenvalue weighted by Crippen LogP contribution is -2.17. The second kappa shape index (κ2) is 6.54. The molecule has 0 aliphatic heterocycles. The average Bonchev–Trinajstić information content (AvgIpc) is 2.43. The molecular weight excluding hydrogens is 344 g/mol. The first-order valence-electron chi connectivity index (χ1n) is 5.64. The van der Waals surface area contributed by atoms with Gasteiger partial charge in [-0.25, -0.2) is 5.43 Å². The average molecular weight is 354 g/mol. The van der Waals surface area contributed by atoms with E-state index in [1.165, 1.54) is 18.3 Å². The number of carbonyl (C=O) groups is 1. The molecule has 2 aromatic rings. The molecule has 102 valence electrons. The van der Waals surface area contributed by atoms with Crippen LogP contribution in [0.2, 0.25) is 5.02 Å². The quantitative estimate of drug-likeness (QED) is 0.654. The topological polar surface area (TPSA) is 61.7 Å². The van der Waals surface area contributed by atoms with Crippen molar-refractivity contribution in [1.82, 2.24) is 5.43 Å². The number of benzene rings is 2. The Morgan fingerprint density at radius 1 is 1.25 bits per heavy atom. The maximum atomic E-state index is 11.8. The highest BCUT2D eigenvalue weighted by molar-refractivity contribution is 9.10. The highest BCUT2D eigenvalue weighted by Crippen LogP contribution is 2.21. The molecule has 0 saturated carbocycles. The van der Waals surface area contributed by atoms with Gasteiger partial charge in [0.15, 0.2) is 0 Å². The van der Waals surface area contributed by atoms with E-state index >= 15 is 0 Å². The van der Waals surface area contributed by atoms with Crippen molar-refractivity contribution in [2.45, 2.75) is 0 Å². The standard InChI is InChI=1S/C14H10BrClN2O2/c15-10-3-6-13(19)12(7-10)14(20)18-17-8-9-1-4-11(16)5-2-9/h1-8,19H,(H,18,20)/b17-8+. The smallest absolute Gasteiger partial charge is 0.275 e. The summed E-state index contributed by atoms with van der Waals surface area (Å²) in [6.07, 6.45) is 1.49. The number of amides is 1. The fraction of sp³-hybridized carbons (Fsp3) is 0. The van der Waals surface area contributed by atoms with Crippen molar-refractivity contribution in [3.8, 4) is 5.75 Å². The Hall–Kier alpha value is -1.85. The SMILES string of the molecule is O=C(N/N=C/c1ccc(Cl)cc1)c1cc(Br)ccc1O. The van der Waals surface area contributed by atoms with Crippen LogP contribution in [-0.4, -0.2) is 17.2 Å². The van der Waals surface area contributed by atoms with E-state index in [4.69, 9.17) is 11.6 Å². The van der Waals surface area contributed by atoms with Crippen LogP contribution in [0, 0.1) is 0 Å². The van der Waals surface area contributed by atoms with Gasteiger partial charge in [-0.15, -0.1) is 0 Å². The van der Waals surface area contributed by atoms with Crippen molar-refractivity contribution in [1.29, 1.82) is 0 Å². The minimum absolute atomic E-state index is 0.104. The first kappa shape index (κ1) is 14.6. The van der Waals surface area contributed by atoms with Crippen LogP contribution >= 0.6 is 27.5 Å². The molecule has 0 aromatic heterocycles. The predicted octanol–water partition coefficient (Wildman–Crippen LogP) is 3.57. The number of hydrogen-bond donors (Lipinski definition) is 2. The highest BCUT2D eigenvalue weighted by Gasteiger charge is 2.10. The van der Waals surface area contributed by atoms with E-state index in [0.29, 0.717) is 9.50 Å². The molecule has 4 nitrogen and oxygen atoms in total. The number of aromatic hydroxyl groups is 1. The monoisotopic (exact) mass is 352 g/mol. The normalized spacial score (nSPS) is 10.7. The lowest BCUT2D eigenvalue weighted by atomic mass is 10.2. The molecule has 0 unspecified atom stereocenters. The summed E-state index contributed by atoms with van der Waals surface area (Å²) in [7, 11) is 0. The zero-order chi connectivity index (χ0) is 14.5. The lowest BCUT2D eigenvalue weighted by Gasteiger charge is -2.03. The molecule has 2 aromatic carbocycles. The number of halogens is 2. The van der Waals surface area contributed by atoms with Crippen LogP contribution in [-0.2, 0) is 0 Å². The third-order valence-electron chi connectivity index (χ3n) is 2.45. The minimum atomic E-state index is -0.492. The second-order valence-corrected chi connectivity index (χ2v) is 5.26. The summed E-state index contributed by atoms with van der Waals surface area (Å²) in [5.41, 5.74) is 3.29. The van der Waals surface area contributed by atoms with Crippen molar-refractivity contribution in [2.75, 3.05) is 0 Å². The van der Waals surface area contributed by atoms with Gasteiger partial charge in [0.25, 0.3) is 5.91 Å². The van der Waals surface area contributed by atoms with E-state index in [1.54, 1.807) is 30.3 Å². The summed E-state index contributed by atoms with van der Waals surface area (Å²) in [5.74, 6) is -0.596. The third-order valence-corrected chi connectivity index (χ3v) is 3.20. The minimum Gasteiger partial charge on any atom is -0.507 e. The molecule has 0 aliphatic carbocycles. The van der Waals surface area contributed by atoms with Gasteiger partial charge in [-0.3, -0.25) is 4.79 Å². The molecule has 0 saturated heterocycles. The number of nitrogens with zero attached hydrogens (tertiary/aromatic N) is 1. The van der Waals surface area contributed by atoms with E-state index in [-0.39, 0.29) is 11.3 Å². The number of phenolic OH excluding ortho intramolecular Hbond substituents is 1. The fourth-order valence-corrected chi connectivity index (χ4v) is 1.95. The molecule has 0 radical (unpaired) electrons. The molecule has 0 heterocycles. The number of carbonyl (C=O) groups excluding carboxylic acids is 1. The molecule has 6 heteroatoms. The molecule has 2 rings (SSSR count). The Morgan fingerprint density at radius 2 is 1.95 bits per heavy atom. The Morgan fingerprint density at radius 3 is 2.65 bits per heavy atom. The first-order chi connectivity index (χ1) is 9.56. The molecule has 1 amide bonds. The van der Waals surface area contributed by atoms with Crippen molar-refractivity contribution in [2.24, 2.45) is 5.10 Å². The Labute approximate surface area is 129 Å². The van der Waals surface area contributed by atoms with Gasteiger partial charge in [0, 0.05) is 9.50 Å². The van der Waals surface area contributed by atoms with Gasteiger partial charge >= 0.3 is 0 Å². The van der Waals surface area contributed by atoms with E-state index in [0.717, 1.165) is 5.56 Å². The predicted molar refractivity (Wildman–Crippen MR) is 82.3 cm³/mol. The van der Waals surface area contributed by atoms with Crippen LogP contribution in [0.25, 0.3) is 0 Å². The van der Waals surface area contributed by atoms with Crippen LogP contribution in [0.1, 0.15) is 15.9 Å². The second-order valence-electron chi connectivity index (χ2n) is 3.91. The van der Waals surface area contributed by atoms with E-state index in [9.17, 15) is 9.90 Å². The maximum Gasteiger partial charge on any atom is 0.275 e. The van der Waals surface area contributed by atoms with Crippen molar-refractivity contribution < 1.29 is 9.90 Å². The number of nitrogens with one attached hydrogen (secondary N) is 1.